The van der Waals surface area contributed by atoms with Crippen LogP contribution in [0.4, 0.5) is 5.13 Å². The highest BCUT2D eigenvalue weighted by Gasteiger charge is 2.35. The van der Waals surface area contributed by atoms with E-state index < -0.39 is 10.0 Å². The van der Waals surface area contributed by atoms with Gasteiger partial charge in [-0.25, -0.2) is 13.4 Å². The summed E-state index contributed by atoms with van der Waals surface area (Å²) >= 11 is 1.53. The van der Waals surface area contributed by atoms with E-state index in [0.717, 1.165) is 15.8 Å². The number of sulfonamides is 1. The third kappa shape index (κ3) is 5.71. The normalized spacial score (nSPS) is 15.1. The monoisotopic (exact) mass is 563 g/mol. The first-order chi connectivity index (χ1) is 18.8. The number of hydrogen-bond donors (Lipinski definition) is 0. The Bertz CT molecular complexity index is 1540. The number of carbonyl (C=O) groups excluding carboxylic acids is 1. The van der Waals surface area contributed by atoms with Gasteiger partial charge in [0, 0.05) is 19.0 Å². The van der Waals surface area contributed by atoms with Crippen molar-refractivity contribution in [1.29, 1.82) is 0 Å². The highest BCUT2D eigenvalue weighted by atomic mass is 32.2. The molecule has 0 bridgehead atoms. The first kappa shape index (κ1) is 27.3. The standard InChI is InChI=1S/C30H33N3O4S2/c1-21(2)26-10-7-11-27-28(26)31-30(38-27)33(20-22-8-5-4-6-9-22)29(34)23-16-18-32(19-17-23)39(35,36)25-14-12-24(37-3)13-15-25/h4-15,21,23H,16-20H2,1-3H3. The molecule has 1 aliphatic rings. The van der Waals surface area contributed by atoms with Gasteiger partial charge in [0.25, 0.3) is 0 Å². The summed E-state index contributed by atoms with van der Waals surface area (Å²) in [7, 11) is -2.10. The number of hydrogen-bond acceptors (Lipinski definition) is 6. The van der Waals surface area contributed by atoms with Crippen molar-refractivity contribution in [2.45, 2.75) is 44.0 Å². The Kier molecular flexibility index (Phi) is 8.02. The lowest BCUT2D eigenvalue weighted by Gasteiger charge is -2.33. The number of nitrogens with zero attached hydrogens (tertiary/aromatic N) is 3. The Morgan fingerprint density at radius 2 is 1.72 bits per heavy atom. The van der Waals surface area contributed by atoms with Crippen LogP contribution in [0.1, 0.15) is 43.7 Å². The van der Waals surface area contributed by atoms with Crippen LogP contribution in [0.5, 0.6) is 5.75 Å². The van der Waals surface area contributed by atoms with Crippen molar-refractivity contribution in [2.75, 3.05) is 25.1 Å². The molecule has 4 aromatic rings. The van der Waals surface area contributed by atoms with E-state index in [1.54, 1.807) is 36.3 Å². The second kappa shape index (κ2) is 11.5. The van der Waals surface area contributed by atoms with E-state index in [-0.39, 0.29) is 16.7 Å². The van der Waals surface area contributed by atoms with Gasteiger partial charge in [0.05, 0.1) is 28.8 Å². The van der Waals surface area contributed by atoms with Gasteiger partial charge in [-0.2, -0.15) is 4.31 Å². The number of para-hydroxylation sites is 1. The van der Waals surface area contributed by atoms with Crippen LogP contribution in [0.3, 0.4) is 0 Å². The lowest BCUT2D eigenvalue weighted by molar-refractivity contribution is -0.123. The van der Waals surface area contributed by atoms with Crippen molar-refractivity contribution in [2.24, 2.45) is 5.92 Å². The molecule has 0 spiro atoms. The van der Waals surface area contributed by atoms with Crippen molar-refractivity contribution >= 4 is 42.6 Å². The molecular weight excluding hydrogens is 530 g/mol. The second-order valence-corrected chi connectivity index (χ2v) is 13.1. The largest absolute Gasteiger partial charge is 0.497 e. The lowest BCUT2D eigenvalue weighted by Crippen LogP contribution is -2.44. The summed E-state index contributed by atoms with van der Waals surface area (Å²) in [6.45, 7) is 5.30. The molecule has 39 heavy (non-hydrogen) atoms. The summed E-state index contributed by atoms with van der Waals surface area (Å²) in [6, 6.07) is 22.5. The molecule has 0 atom stereocenters. The third-order valence-corrected chi connectivity index (χ3v) is 10.2. The fourth-order valence-electron chi connectivity index (χ4n) is 5.01. The number of amides is 1. The van der Waals surface area contributed by atoms with E-state index in [2.05, 4.69) is 26.0 Å². The van der Waals surface area contributed by atoms with Crippen molar-refractivity contribution in [3.05, 3.63) is 83.9 Å². The Labute approximate surface area is 234 Å². The Morgan fingerprint density at radius 1 is 1.03 bits per heavy atom. The molecule has 1 amide bonds. The Balaban J connectivity index is 1.38. The predicted octanol–water partition coefficient (Wildman–Crippen LogP) is 6.06. The highest BCUT2D eigenvalue weighted by Crippen LogP contribution is 2.36. The average Bonchev–Trinajstić information content (AvgIpc) is 3.40. The molecule has 1 aliphatic heterocycles. The predicted molar refractivity (Wildman–Crippen MR) is 156 cm³/mol. The van der Waals surface area contributed by atoms with Crippen molar-refractivity contribution in [3.8, 4) is 5.75 Å². The van der Waals surface area contributed by atoms with E-state index in [0.29, 0.717) is 49.3 Å². The molecule has 0 N–H and O–H groups in total. The topological polar surface area (TPSA) is 79.8 Å². The summed E-state index contributed by atoms with van der Waals surface area (Å²) in [5.41, 5.74) is 3.13. The molecule has 0 unspecified atom stereocenters. The maximum Gasteiger partial charge on any atom is 0.243 e. The van der Waals surface area contributed by atoms with Crippen LogP contribution >= 0.6 is 11.3 Å². The van der Waals surface area contributed by atoms with E-state index in [9.17, 15) is 13.2 Å². The summed E-state index contributed by atoms with van der Waals surface area (Å²) in [4.78, 5) is 21.0. The fourth-order valence-corrected chi connectivity index (χ4v) is 7.48. The van der Waals surface area contributed by atoms with Crippen molar-refractivity contribution < 1.29 is 17.9 Å². The molecule has 9 heteroatoms. The maximum atomic E-state index is 14.0. The second-order valence-electron chi connectivity index (χ2n) is 10.1. The quantitative estimate of drug-likeness (QED) is 0.260. The Hall–Kier alpha value is -3.27. The zero-order valence-corrected chi connectivity index (χ0v) is 24.0. The number of piperidine rings is 1. The lowest BCUT2D eigenvalue weighted by atomic mass is 9.96. The SMILES string of the molecule is COc1ccc(S(=O)(=O)N2CCC(C(=O)N(Cc3ccccc3)c3nc4c(C(C)C)cccc4s3)CC2)cc1. The van der Waals surface area contributed by atoms with E-state index in [4.69, 9.17) is 9.72 Å². The van der Waals surface area contributed by atoms with Gasteiger partial charge >= 0.3 is 0 Å². The molecule has 0 saturated carbocycles. The molecular formula is C30H33N3O4S2. The zero-order valence-electron chi connectivity index (χ0n) is 22.4. The van der Waals surface area contributed by atoms with Gasteiger partial charge in [0.15, 0.2) is 5.13 Å². The Morgan fingerprint density at radius 3 is 2.36 bits per heavy atom. The number of carbonyl (C=O) groups is 1. The van der Waals surface area contributed by atoms with Crippen molar-refractivity contribution in [1.82, 2.24) is 9.29 Å². The smallest absolute Gasteiger partial charge is 0.243 e. The molecule has 0 radical (unpaired) electrons. The van der Waals surface area contributed by atoms with Gasteiger partial charge in [-0.15, -0.1) is 0 Å². The van der Waals surface area contributed by atoms with Gasteiger partial charge in [-0.05, 0) is 60.2 Å². The molecule has 1 aromatic heterocycles. The van der Waals surface area contributed by atoms with Crippen LogP contribution in [0, 0.1) is 5.92 Å². The number of ether oxygens (including phenoxy) is 1. The summed E-state index contributed by atoms with van der Waals surface area (Å²) in [5, 5.41) is 0.681. The minimum Gasteiger partial charge on any atom is -0.497 e. The summed E-state index contributed by atoms with van der Waals surface area (Å²) in [5.74, 6) is 0.629. The number of methoxy groups -OCH3 is 1. The zero-order chi connectivity index (χ0) is 27.6. The van der Waals surface area contributed by atoms with Crippen LogP contribution in [-0.2, 0) is 21.4 Å². The van der Waals surface area contributed by atoms with Crippen LogP contribution < -0.4 is 9.64 Å². The molecule has 2 heterocycles. The van der Waals surface area contributed by atoms with Gasteiger partial charge in [0.1, 0.15) is 5.75 Å². The minimum atomic E-state index is -3.64. The molecule has 1 saturated heterocycles. The van der Waals surface area contributed by atoms with Crippen LogP contribution in [0.15, 0.2) is 77.7 Å². The number of anilines is 1. The first-order valence-electron chi connectivity index (χ1n) is 13.2. The van der Waals surface area contributed by atoms with Crippen LogP contribution in [0.25, 0.3) is 10.2 Å². The van der Waals surface area contributed by atoms with Gasteiger partial charge in [-0.3, -0.25) is 9.69 Å². The number of thiazole rings is 1. The van der Waals surface area contributed by atoms with E-state index in [1.165, 1.54) is 21.2 Å². The highest BCUT2D eigenvalue weighted by molar-refractivity contribution is 7.89. The molecule has 204 valence electrons. The van der Waals surface area contributed by atoms with Gasteiger partial charge in [0.2, 0.25) is 15.9 Å². The molecule has 5 rings (SSSR count). The minimum absolute atomic E-state index is 0.00879. The number of benzene rings is 3. The van der Waals surface area contributed by atoms with Gasteiger partial charge in [-0.1, -0.05) is 67.6 Å². The van der Waals surface area contributed by atoms with Crippen molar-refractivity contribution in [3.63, 3.8) is 0 Å². The fraction of sp³-hybridized carbons (Fsp3) is 0.333. The van der Waals surface area contributed by atoms with Crippen LogP contribution in [-0.4, -0.2) is 43.8 Å². The molecule has 1 fully saturated rings. The van der Waals surface area contributed by atoms with E-state index >= 15 is 0 Å². The molecule has 3 aromatic carbocycles. The molecule has 7 nitrogen and oxygen atoms in total. The summed E-state index contributed by atoms with van der Waals surface area (Å²) < 4.78 is 34.1. The van der Waals surface area contributed by atoms with Gasteiger partial charge < -0.3 is 4.74 Å². The third-order valence-electron chi connectivity index (χ3n) is 7.24. The first-order valence-corrected chi connectivity index (χ1v) is 15.4. The van der Waals surface area contributed by atoms with E-state index in [1.807, 2.05) is 36.4 Å². The number of aromatic nitrogens is 1. The van der Waals surface area contributed by atoms with Crippen LogP contribution in [0.2, 0.25) is 0 Å². The number of rotatable bonds is 8. The number of fused-ring (bicyclic) bond motifs is 1. The molecule has 0 aliphatic carbocycles. The average molecular weight is 564 g/mol. The summed E-state index contributed by atoms with van der Waals surface area (Å²) in [6.07, 6.45) is 0.920. The maximum absolute atomic E-state index is 14.0.